The Kier molecular flexibility index (Phi) is 6.31. The SMILES string of the molecule is C=Cc1c(/C=C\C)n(-c2cccc(-c3c4ccccc4c(-c4cc5cccc6ccc7cccc4c7c65)c4ccccc34)c2)c2ccccc12. The summed E-state index contributed by atoms with van der Waals surface area (Å²) in [6.07, 6.45) is 6.29. The Morgan fingerprint density at radius 1 is 0.500 bits per heavy atom. The maximum atomic E-state index is 4.20. The summed E-state index contributed by atoms with van der Waals surface area (Å²) in [5.41, 5.74) is 9.61. The number of hydrogen-bond acceptors (Lipinski definition) is 0. The van der Waals surface area contributed by atoms with Crippen molar-refractivity contribution in [3.8, 4) is 27.9 Å². The van der Waals surface area contributed by atoms with Crippen LogP contribution in [0.15, 0.2) is 164 Å². The van der Waals surface area contributed by atoms with Gasteiger partial charge in [0.2, 0.25) is 0 Å². The number of fused-ring (bicyclic) bond motifs is 3. The van der Waals surface area contributed by atoms with Crippen molar-refractivity contribution < 1.29 is 0 Å². The summed E-state index contributed by atoms with van der Waals surface area (Å²) in [6, 6.07) is 56.1. The average molecular weight is 636 g/mol. The van der Waals surface area contributed by atoms with Crippen molar-refractivity contribution in [1.82, 2.24) is 4.57 Å². The normalized spacial score (nSPS) is 12.1. The molecule has 0 spiro atoms. The molecule has 0 N–H and O–H groups in total. The van der Waals surface area contributed by atoms with Crippen molar-refractivity contribution >= 4 is 76.9 Å². The zero-order valence-corrected chi connectivity index (χ0v) is 27.8. The number of rotatable bonds is 5. The summed E-state index contributed by atoms with van der Waals surface area (Å²) >= 11 is 0. The molecule has 234 valence electrons. The number of para-hydroxylation sites is 1. The Morgan fingerprint density at radius 3 is 1.78 bits per heavy atom. The molecule has 50 heavy (non-hydrogen) atoms. The molecule has 0 aliphatic rings. The molecule has 10 aromatic rings. The molecule has 0 amide bonds. The van der Waals surface area contributed by atoms with Crippen LogP contribution in [0, 0.1) is 0 Å². The maximum absolute atomic E-state index is 4.20. The number of hydrogen-bond donors (Lipinski definition) is 0. The summed E-state index contributed by atoms with van der Waals surface area (Å²) in [5.74, 6) is 0. The Balaban J connectivity index is 1.30. The molecular weight excluding hydrogens is 603 g/mol. The summed E-state index contributed by atoms with van der Waals surface area (Å²) in [7, 11) is 0. The molecule has 9 aromatic carbocycles. The highest BCUT2D eigenvalue weighted by molar-refractivity contribution is 6.30. The molecule has 0 fully saturated rings. The molecular formula is C49H33N. The minimum Gasteiger partial charge on any atom is -0.309 e. The van der Waals surface area contributed by atoms with Crippen molar-refractivity contribution in [2.75, 3.05) is 0 Å². The van der Waals surface area contributed by atoms with Crippen molar-refractivity contribution in [1.29, 1.82) is 0 Å². The van der Waals surface area contributed by atoms with Gasteiger partial charge in [-0.2, -0.15) is 0 Å². The minimum atomic E-state index is 1.13. The third kappa shape index (κ3) is 4.01. The van der Waals surface area contributed by atoms with Crippen molar-refractivity contribution in [2.45, 2.75) is 6.92 Å². The number of allylic oxidation sites excluding steroid dienone is 1. The highest BCUT2D eigenvalue weighted by Crippen LogP contribution is 2.48. The van der Waals surface area contributed by atoms with E-state index in [-0.39, 0.29) is 0 Å². The van der Waals surface area contributed by atoms with Crippen LogP contribution in [0.3, 0.4) is 0 Å². The molecule has 1 aromatic heterocycles. The molecule has 0 saturated carbocycles. The van der Waals surface area contributed by atoms with Crippen LogP contribution >= 0.6 is 0 Å². The summed E-state index contributed by atoms with van der Waals surface area (Å²) in [5, 5.41) is 14.1. The van der Waals surface area contributed by atoms with Gasteiger partial charge in [-0.3, -0.25) is 0 Å². The summed E-state index contributed by atoms with van der Waals surface area (Å²) < 4.78 is 2.38. The van der Waals surface area contributed by atoms with E-state index in [0.29, 0.717) is 0 Å². The average Bonchev–Trinajstić information content (AvgIpc) is 3.49. The van der Waals surface area contributed by atoms with Crippen LogP contribution in [0.25, 0.3) is 105 Å². The molecule has 10 rings (SSSR count). The van der Waals surface area contributed by atoms with Gasteiger partial charge in [-0.05, 0) is 113 Å². The molecule has 0 aliphatic heterocycles. The molecule has 1 heterocycles. The summed E-state index contributed by atoms with van der Waals surface area (Å²) in [6.45, 7) is 6.27. The van der Waals surface area contributed by atoms with Crippen LogP contribution in [-0.2, 0) is 0 Å². The smallest absolute Gasteiger partial charge is 0.0541 e. The summed E-state index contributed by atoms with van der Waals surface area (Å²) in [4.78, 5) is 0. The molecule has 0 aliphatic carbocycles. The van der Waals surface area contributed by atoms with Gasteiger partial charge >= 0.3 is 0 Å². The first kappa shape index (κ1) is 28.6. The van der Waals surface area contributed by atoms with E-state index < -0.39 is 0 Å². The van der Waals surface area contributed by atoms with Crippen LogP contribution in [-0.4, -0.2) is 4.57 Å². The lowest BCUT2D eigenvalue weighted by molar-refractivity contribution is 1.11. The third-order valence-corrected chi connectivity index (χ3v) is 10.6. The minimum absolute atomic E-state index is 1.13. The topological polar surface area (TPSA) is 4.93 Å². The molecule has 0 unspecified atom stereocenters. The van der Waals surface area contributed by atoms with E-state index in [9.17, 15) is 0 Å². The second kappa shape index (κ2) is 11.1. The highest BCUT2D eigenvalue weighted by atomic mass is 15.0. The van der Waals surface area contributed by atoms with E-state index in [2.05, 4.69) is 182 Å². The molecule has 0 bridgehead atoms. The third-order valence-electron chi connectivity index (χ3n) is 10.6. The van der Waals surface area contributed by atoms with E-state index in [1.54, 1.807) is 0 Å². The number of nitrogens with zero attached hydrogens (tertiary/aromatic N) is 1. The Bertz CT molecular complexity index is 2950. The molecule has 0 radical (unpaired) electrons. The second-order valence-electron chi connectivity index (χ2n) is 13.2. The van der Waals surface area contributed by atoms with Crippen LogP contribution in [0.4, 0.5) is 0 Å². The van der Waals surface area contributed by atoms with Gasteiger partial charge in [-0.1, -0.05) is 146 Å². The fourth-order valence-electron chi connectivity index (χ4n) is 8.60. The Morgan fingerprint density at radius 2 is 1.08 bits per heavy atom. The van der Waals surface area contributed by atoms with Gasteiger partial charge in [0, 0.05) is 16.6 Å². The van der Waals surface area contributed by atoms with Gasteiger partial charge in [-0.25, -0.2) is 0 Å². The zero-order chi connectivity index (χ0) is 33.3. The standard InChI is InChI=1S/C49H33N/c1-3-14-44-36(4-2)37-20-9-10-26-45(37)50(44)35-19-12-18-33(29-35)47-38-21-5-7-23-40(38)49(41-24-8-6-22-39(41)47)43-30-34-17-11-15-31-27-28-32-16-13-25-42(43)48(32)46(31)34/h3-30H,2H2,1H3/b14-3-. The van der Waals surface area contributed by atoms with Gasteiger partial charge < -0.3 is 4.57 Å². The lowest BCUT2D eigenvalue weighted by Gasteiger charge is -2.21. The van der Waals surface area contributed by atoms with E-state index in [1.807, 2.05) is 6.08 Å². The Hall–Kier alpha value is -6.44. The van der Waals surface area contributed by atoms with Crippen LogP contribution in [0.2, 0.25) is 0 Å². The quantitative estimate of drug-likeness (QED) is 0.131. The van der Waals surface area contributed by atoms with E-state index in [4.69, 9.17) is 0 Å². The Labute approximate surface area is 291 Å². The van der Waals surface area contributed by atoms with E-state index in [1.165, 1.54) is 87.0 Å². The fraction of sp³-hybridized carbons (Fsp3) is 0.0204. The van der Waals surface area contributed by atoms with Crippen molar-refractivity contribution in [3.05, 3.63) is 176 Å². The van der Waals surface area contributed by atoms with Gasteiger partial charge in [0.05, 0.1) is 11.2 Å². The first-order valence-electron chi connectivity index (χ1n) is 17.3. The lowest BCUT2D eigenvalue weighted by Crippen LogP contribution is -1.98. The van der Waals surface area contributed by atoms with Crippen LogP contribution < -0.4 is 0 Å². The number of benzene rings is 9. The number of aromatic nitrogens is 1. The van der Waals surface area contributed by atoms with E-state index >= 15 is 0 Å². The lowest BCUT2D eigenvalue weighted by atomic mass is 9.83. The van der Waals surface area contributed by atoms with E-state index in [0.717, 1.165) is 16.9 Å². The van der Waals surface area contributed by atoms with Gasteiger partial charge in [0.25, 0.3) is 0 Å². The van der Waals surface area contributed by atoms with Crippen molar-refractivity contribution in [3.63, 3.8) is 0 Å². The molecule has 1 heteroatoms. The van der Waals surface area contributed by atoms with Gasteiger partial charge in [0.1, 0.15) is 0 Å². The first-order chi connectivity index (χ1) is 24.7. The fourth-order valence-corrected chi connectivity index (χ4v) is 8.60. The van der Waals surface area contributed by atoms with Gasteiger partial charge in [0.15, 0.2) is 0 Å². The first-order valence-corrected chi connectivity index (χ1v) is 17.3. The predicted molar refractivity (Wildman–Crippen MR) is 218 cm³/mol. The van der Waals surface area contributed by atoms with Crippen LogP contribution in [0.5, 0.6) is 0 Å². The highest BCUT2D eigenvalue weighted by Gasteiger charge is 2.21. The monoisotopic (exact) mass is 635 g/mol. The molecule has 0 atom stereocenters. The van der Waals surface area contributed by atoms with Gasteiger partial charge in [-0.15, -0.1) is 0 Å². The molecule has 0 saturated heterocycles. The largest absolute Gasteiger partial charge is 0.309 e. The predicted octanol–water partition coefficient (Wildman–Crippen LogP) is 13.8. The maximum Gasteiger partial charge on any atom is 0.0541 e. The van der Waals surface area contributed by atoms with Crippen LogP contribution in [0.1, 0.15) is 18.2 Å². The van der Waals surface area contributed by atoms with Crippen molar-refractivity contribution in [2.24, 2.45) is 0 Å². The molecule has 1 nitrogen and oxygen atoms in total. The second-order valence-corrected chi connectivity index (χ2v) is 13.2. The zero-order valence-electron chi connectivity index (χ0n) is 27.8.